The first-order valence-corrected chi connectivity index (χ1v) is 6.06. The molecular formula is C7H12N4O2S2. The molecular weight excluding hydrogens is 236 g/mol. The van der Waals surface area contributed by atoms with Gasteiger partial charge in [0.05, 0.1) is 11.4 Å². The van der Waals surface area contributed by atoms with Gasteiger partial charge < -0.3 is 21.9 Å². The van der Waals surface area contributed by atoms with Gasteiger partial charge in [-0.15, -0.1) is 11.8 Å². The Morgan fingerprint density at radius 1 is 1.80 bits per heavy atom. The highest BCUT2D eigenvalue weighted by atomic mass is 32.2. The van der Waals surface area contributed by atoms with Gasteiger partial charge in [-0.1, -0.05) is 0 Å². The van der Waals surface area contributed by atoms with Crippen LogP contribution in [0.5, 0.6) is 0 Å². The van der Waals surface area contributed by atoms with Crippen molar-refractivity contribution in [2.75, 3.05) is 23.9 Å². The Labute approximate surface area is 95.2 Å². The second-order valence-corrected chi connectivity index (χ2v) is 4.32. The molecule has 0 aliphatic rings. The highest BCUT2D eigenvalue weighted by molar-refractivity contribution is 7.99. The largest absolute Gasteiger partial charge is 0.382 e. The van der Waals surface area contributed by atoms with Gasteiger partial charge in [-0.25, -0.2) is 0 Å². The lowest BCUT2D eigenvalue weighted by atomic mass is 10.3. The van der Waals surface area contributed by atoms with Crippen LogP contribution in [0, 0.1) is 0 Å². The van der Waals surface area contributed by atoms with Gasteiger partial charge in [0.15, 0.2) is 5.82 Å². The monoisotopic (exact) mass is 248 g/mol. The predicted octanol–water partition coefficient (Wildman–Crippen LogP) is -0.295. The number of nitrogens with zero attached hydrogens (tertiary/aromatic N) is 1. The molecule has 1 unspecified atom stereocenters. The highest BCUT2D eigenvalue weighted by Gasteiger charge is 2.14. The minimum Gasteiger partial charge on any atom is -0.382 e. The Kier molecular flexibility index (Phi) is 4.18. The summed E-state index contributed by atoms with van der Waals surface area (Å²) in [6, 6.07) is 0. The molecule has 1 atom stereocenters. The van der Waals surface area contributed by atoms with E-state index >= 15 is 0 Å². The number of thioether (sulfide) groups is 1. The third-order valence-electron chi connectivity index (χ3n) is 1.66. The van der Waals surface area contributed by atoms with Crippen LogP contribution in [0.25, 0.3) is 0 Å². The van der Waals surface area contributed by atoms with E-state index in [1.165, 1.54) is 23.3 Å². The van der Waals surface area contributed by atoms with Crippen molar-refractivity contribution < 1.29 is 9.90 Å². The standard InChI is InChI=1S/C7H12N4O2S2/c1-14-4-5(8)11-15-7(4)10-2-3(12)6(9)13/h3,10,12H,2H2,1H3,(H2,8,11)(H2,9,13). The molecule has 0 radical (unpaired) electrons. The van der Waals surface area contributed by atoms with Crippen molar-refractivity contribution in [2.45, 2.75) is 11.0 Å². The topological polar surface area (TPSA) is 114 Å². The molecule has 15 heavy (non-hydrogen) atoms. The van der Waals surface area contributed by atoms with E-state index in [9.17, 15) is 4.79 Å². The van der Waals surface area contributed by atoms with Crippen LogP contribution in [0.15, 0.2) is 4.90 Å². The van der Waals surface area contributed by atoms with Crippen LogP contribution in [-0.2, 0) is 4.79 Å². The Morgan fingerprint density at radius 2 is 2.47 bits per heavy atom. The van der Waals surface area contributed by atoms with E-state index in [2.05, 4.69) is 9.69 Å². The fourth-order valence-electron chi connectivity index (χ4n) is 0.894. The number of nitrogen functional groups attached to an aromatic ring is 1. The van der Waals surface area contributed by atoms with Crippen molar-refractivity contribution in [1.82, 2.24) is 4.37 Å². The third-order valence-corrected chi connectivity index (χ3v) is 3.43. The summed E-state index contributed by atoms with van der Waals surface area (Å²) in [6.07, 6.45) is 0.665. The Balaban J connectivity index is 2.61. The van der Waals surface area contributed by atoms with Crippen LogP contribution in [0.3, 0.4) is 0 Å². The number of amides is 1. The SMILES string of the molecule is CSc1c(N)nsc1NCC(O)C(N)=O. The normalized spacial score (nSPS) is 12.4. The Morgan fingerprint density at radius 3 is 3.00 bits per heavy atom. The van der Waals surface area contributed by atoms with Gasteiger partial charge in [0.1, 0.15) is 11.1 Å². The van der Waals surface area contributed by atoms with Crippen molar-refractivity contribution >= 4 is 40.0 Å². The number of hydrogen-bond acceptors (Lipinski definition) is 7. The van der Waals surface area contributed by atoms with E-state index < -0.39 is 12.0 Å². The molecule has 0 bridgehead atoms. The first kappa shape index (κ1) is 12.1. The second-order valence-electron chi connectivity index (χ2n) is 2.73. The number of carbonyl (C=O) groups is 1. The van der Waals surface area contributed by atoms with Gasteiger partial charge >= 0.3 is 0 Å². The van der Waals surface area contributed by atoms with Gasteiger partial charge in [-0.2, -0.15) is 4.37 Å². The van der Waals surface area contributed by atoms with Crippen LogP contribution in [0.4, 0.5) is 10.8 Å². The quantitative estimate of drug-likeness (QED) is 0.532. The average Bonchev–Trinajstić information content (AvgIpc) is 2.55. The summed E-state index contributed by atoms with van der Waals surface area (Å²) in [7, 11) is 0. The molecule has 8 heteroatoms. The summed E-state index contributed by atoms with van der Waals surface area (Å²) in [5.41, 5.74) is 10.5. The third kappa shape index (κ3) is 2.98. The average molecular weight is 248 g/mol. The molecule has 1 aromatic rings. The number of aliphatic hydroxyl groups excluding tert-OH is 1. The molecule has 6 nitrogen and oxygen atoms in total. The van der Waals surface area contributed by atoms with E-state index in [0.717, 1.165) is 9.90 Å². The smallest absolute Gasteiger partial charge is 0.248 e. The Hall–Kier alpha value is -0.990. The number of nitrogens with one attached hydrogen (secondary N) is 1. The van der Waals surface area contributed by atoms with Crippen LogP contribution >= 0.6 is 23.3 Å². The molecule has 1 amide bonds. The summed E-state index contributed by atoms with van der Waals surface area (Å²) >= 11 is 2.64. The van der Waals surface area contributed by atoms with E-state index in [1.807, 2.05) is 6.26 Å². The molecule has 0 saturated heterocycles. The van der Waals surface area contributed by atoms with Gasteiger partial charge in [0, 0.05) is 0 Å². The predicted molar refractivity (Wildman–Crippen MR) is 62.0 cm³/mol. The van der Waals surface area contributed by atoms with E-state index in [4.69, 9.17) is 16.6 Å². The van der Waals surface area contributed by atoms with Crippen LogP contribution < -0.4 is 16.8 Å². The van der Waals surface area contributed by atoms with Crippen molar-refractivity contribution in [3.8, 4) is 0 Å². The molecule has 1 aromatic heterocycles. The van der Waals surface area contributed by atoms with E-state index in [-0.39, 0.29) is 6.54 Å². The maximum absolute atomic E-state index is 10.6. The maximum Gasteiger partial charge on any atom is 0.248 e. The zero-order valence-corrected chi connectivity index (χ0v) is 9.69. The zero-order chi connectivity index (χ0) is 11.4. The second kappa shape index (κ2) is 5.19. The molecule has 1 rings (SSSR count). The molecule has 1 heterocycles. The highest BCUT2D eigenvalue weighted by Crippen LogP contribution is 2.34. The van der Waals surface area contributed by atoms with Gasteiger partial charge in [0.2, 0.25) is 5.91 Å². The summed E-state index contributed by atoms with van der Waals surface area (Å²) < 4.78 is 3.95. The fraction of sp³-hybridized carbons (Fsp3) is 0.429. The minimum atomic E-state index is -1.21. The number of primary amides is 1. The lowest BCUT2D eigenvalue weighted by Crippen LogP contribution is -2.34. The van der Waals surface area contributed by atoms with Gasteiger partial charge in [-0.05, 0) is 17.8 Å². The summed E-state index contributed by atoms with van der Waals surface area (Å²) in [6.45, 7) is 0.0600. The van der Waals surface area contributed by atoms with E-state index in [0.29, 0.717) is 5.82 Å². The summed E-state index contributed by atoms with van der Waals surface area (Å²) in [5.74, 6) is -0.311. The first-order valence-electron chi connectivity index (χ1n) is 4.06. The van der Waals surface area contributed by atoms with Gasteiger partial charge in [0.25, 0.3) is 0 Å². The number of rotatable bonds is 5. The van der Waals surface area contributed by atoms with Crippen LogP contribution in [0.1, 0.15) is 0 Å². The molecule has 84 valence electrons. The molecule has 0 aromatic carbocycles. The number of aliphatic hydroxyl groups is 1. The number of nitrogens with two attached hydrogens (primary N) is 2. The minimum absolute atomic E-state index is 0.0600. The lowest BCUT2D eigenvalue weighted by Gasteiger charge is -2.08. The number of aromatic nitrogens is 1. The number of hydrogen-bond donors (Lipinski definition) is 4. The number of carbonyl (C=O) groups excluding carboxylic acids is 1. The van der Waals surface area contributed by atoms with E-state index in [1.54, 1.807) is 0 Å². The van der Waals surface area contributed by atoms with Crippen molar-refractivity contribution in [3.05, 3.63) is 0 Å². The summed E-state index contributed by atoms with van der Waals surface area (Å²) in [5, 5.41) is 12.8. The molecule has 6 N–H and O–H groups in total. The molecule has 0 aliphatic heterocycles. The van der Waals surface area contributed by atoms with Crippen molar-refractivity contribution in [3.63, 3.8) is 0 Å². The van der Waals surface area contributed by atoms with Crippen LogP contribution in [0.2, 0.25) is 0 Å². The lowest BCUT2D eigenvalue weighted by molar-refractivity contribution is -0.125. The molecule has 0 fully saturated rings. The molecule has 0 aliphatic carbocycles. The zero-order valence-electron chi connectivity index (χ0n) is 8.06. The van der Waals surface area contributed by atoms with Crippen molar-refractivity contribution in [2.24, 2.45) is 5.73 Å². The van der Waals surface area contributed by atoms with Crippen molar-refractivity contribution in [1.29, 1.82) is 0 Å². The molecule has 0 saturated carbocycles. The molecule has 0 spiro atoms. The maximum atomic E-state index is 10.6. The van der Waals surface area contributed by atoms with Crippen LogP contribution in [-0.4, -0.2) is 34.3 Å². The summed E-state index contributed by atoms with van der Waals surface area (Å²) in [4.78, 5) is 11.4. The first-order chi connectivity index (χ1) is 7.06. The Bertz CT molecular complexity index is 355. The number of anilines is 2. The fourth-order valence-corrected chi connectivity index (χ4v) is 2.44. The van der Waals surface area contributed by atoms with Gasteiger partial charge in [-0.3, -0.25) is 4.79 Å².